The van der Waals surface area contributed by atoms with E-state index in [1.54, 1.807) is 50.2 Å². The summed E-state index contributed by atoms with van der Waals surface area (Å²) in [6.07, 6.45) is 2.90. The highest BCUT2D eigenvalue weighted by Crippen LogP contribution is 2.32. The van der Waals surface area contributed by atoms with Crippen LogP contribution in [0.2, 0.25) is 0 Å². The second-order valence-electron chi connectivity index (χ2n) is 6.14. The first-order valence-corrected chi connectivity index (χ1v) is 10.7. The monoisotopic (exact) mass is 474 g/mol. The van der Waals surface area contributed by atoms with E-state index >= 15 is 0 Å². The summed E-state index contributed by atoms with van der Waals surface area (Å²) in [5, 5.41) is 6.63. The van der Waals surface area contributed by atoms with E-state index in [1.807, 2.05) is 0 Å². The predicted octanol–water partition coefficient (Wildman–Crippen LogP) is 5.26. The highest BCUT2D eigenvalue weighted by atomic mass is 79.9. The van der Waals surface area contributed by atoms with Gasteiger partial charge in [-0.15, -0.1) is 0 Å². The molecule has 0 bridgehead atoms. The third kappa shape index (κ3) is 5.12. The number of halogens is 1. The lowest BCUT2D eigenvalue weighted by molar-refractivity contribution is 0.104. The molecule has 0 amide bonds. The van der Waals surface area contributed by atoms with Crippen molar-refractivity contribution in [1.29, 1.82) is 0 Å². The minimum Gasteiger partial charge on any atom is -0.539 e. The minimum atomic E-state index is -3.93. The smallest absolute Gasteiger partial charge is 0.187 e. The first kappa shape index (κ1) is 20.8. The number of nitrogens with zero attached hydrogens (tertiary/aromatic N) is 2. The molecule has 0 aliphatic carbocycles. The Balaban J connectivity index is 1.64. The van der Waals surface area contributed by atoms with Crippen LogP contribution in [0.25, 0.3) is 4.72 Å². The molecular weight excluding hydrogens is 458 g/mol. The third-order valence-corrected chi connectivity index (χ3v) is 5.90. The Morgan fingerprint density at radius 2 is 1.76 bits per heavy atom. The van der Waals surface area contributed by atoms with Crippen LogP contribution in [0.3, 0.4) is 0 Å². The molecule has 9 heteroatoms. The number of ketones is 1. The second kappa shape index (κ2) is 8.62. The maximum Gasteiger partial charge on any atom is 0.187 e. The molecule has 0 fully saturated rings. The molecule has 3 aromatic rings. The zero-order chi connectivity index (χ0) is 21.0. The summed E-state index contributed by atoms with van der Waals surface area (Å²) in [6, 6.07) is 13.0. The number of carbonyl (C=O) groups is 1. The summed E-state index contributed by atoms with van der Waals surface area (Å²) in [7, 11) is -3.93. The zero-order valence-electron chi connectivity index (χ0n) is 15.6. The number of sulfonamides is 1. The lowest BCUT2D eigenvalue weighted by atomic mass is 10.1. The molecule has 0 unspecified atom stereocenters. The molecule has 0 saturated heterocycles. The Bertz CT molecular complexity index is 1150. The summed E-state index contributed by atoms with van der Waals surface area (Å²) >= 11 is 3.32. The largest absolute Gasteiger partial charge is 0.539 e. The van der Waals surface area contributed by atoms with Crippen LogP contribution >= 0.6 is 15.9 Å². The van der Waals surface area contributed by atoms with Gasteiger partial charge in [-0.2, -0.15) is 0 Å². The molecule has 1 heterocycles. The lowest BCUT2D eigenvalue weighted by Gasteiger charge is -2.19. The number of aryl methyl sites for hydroxylation is 1. The Labute approximate surface area is 177 Å². The standard InChI is InChI=1S/C20H18BrN3O4S/c1-13-14(2)23-28-20(13)24-29(26,27)18-9-7-17(8-10-18)22-12-11-19(25)15-3-5-16(21)6-4-15/h3-12H,1-2H3,(H2,22,23,24,25)/p-1. The van der Waals surface area contributed by atoms with Crippen LogP contribution in [-0.4, -0.2) is 19.4 Å². The van der Waals surface area contributed by atoms with Crippen molar-refractivity contribution in [3.63, 3.8) is 0 Å². The van der Waals surface area contributed by atoms with Gasteiger partial charge in [-0.25, -0.2) is 8.42 Å². The van der Waals surface area contributed by atoms with Crippen LogP contribution in [0.1, 0.15) is 21.6 Å². The van der Waals surface area contributed by atoms with Gasteiger partial charge in [0.15, 0.2) is 5.78 Å². The molecule has 1 aromatic heterocycles. The van der Waals surface area contributed by atoms with Crippen molar-refractivity contribution >= 4 is 43.3 Å². The number of anilines is 1. The van der Waals surface area contributed by atoms with Crippen molar-refractivity contribution in [2.24, 2.45) is 0 Å². The summed E-state index contributed by atoms with van der Waals surface area (Å²) in [5.74, 6) is -0.181. The fourth-order valence-corrected chi connectivity index (χ4v) is 3.54. The van der Waals surface area contributed by atoms with E-state index in [0.29, 0.717) is 22.5 Å². The van der Waals surface area contributed by atoms with Gasteiger partial charge in [0.1, 0.15) is 10.0 Å². The van der Waals surface area contributed by atoms with Gasteiger partial charge in [0.25, 0.3) is 0 Å². The van der Waals surface area contributed by atoms with Gasteiger partial charge >= 0.3 is 0 Å². The molecule has 1 N–H and O–H groups in total. The minimum absolute atomic E-state index is 0.0198. The number of hydrogen-bond donors (Lipinski definition) is 1. The van der Waals surface area contributed by atoms with E-state index in [-0.39, 0.29) is 16.6 Å². The Hall–Kier alpha value is -2.91. The average Bonchev–Trinajstić information content (AvgIpc) is 3.00. The number of rotatable bonds is 7. The normalized spacial score (nSPS) is 11.6. The number of aromatic nitrogens is 1. The number of hydrogen-bond acceptors (Lipinski definition) is 6. The molecule has 0 aliphatic rings. The van der Waals surface area contributed by atoms with Crippen LogP contribution in [0, 0.1) is 13.8 Å². The van der Waals surface area contributed by atoms with E-state index in [1.165, 1.54) is 24.4 Å². The highest BCUT2D eigenvalue weighted by Gasteiger charge is 2.09. The molecule has 29 heavy (non-hydrogen) atoms. The molecule has 7 nitrogen and oxygen atoms in total. The fraction of sp³-hybridized carbons (Fsp3) is 0.100. The van der Waals surface area contributed by atoms with Crippen LogP contribution in [-0.2, 0) is 10.0 Å². The highest BCUT2D eigenvalue weighted by molar-refractivity contribution is 9.10. The molecule has 0 spiro atoms. The summed E-state index contributed by atoms with van der Waals surface area (Å²) in [5.41, 5.74) is 2.35. The number of carbonyl (C=O) groups excluding carboxylic acids is 1. The van der Waals surface area contributed by atoms with E-state index < -0.39 is 10.0 Å². The zero-order valence-corrected chi connectivity index (χ0v) is 18.0. The van der Waals surface area contributed by atoms with E-state index in [4.69, 9.17) is 4.52 Å². The summed E-state index contributed by atoms with van der Waals surface area (Å²) in [6.45, 7) is 3.40. The SMILES string of the molecule is Cc1noc([N-]S(=O)(=O)c2ccc(N/C=C/C(=O)c3ccc(Br)cc3)cc2)c1C. The topological polar surface area (TPSA) is 103 Å². The van der Waals surface area contributed by atoms with Gasteiger partial charge in [0, 0.05) is 28.0 Å². The fourth-order valence-electron chi connectivity index (χ4n) is 2.30. The average molecular weight is 475 g/mol. The first-order valence-electron chi connectivity index (χ1n) is 8.50. The van der Waals surface area contributed by atoms with Crippen molar-refractivity contribution in [2.45, 2.75) is 18.7 Å². The van der Waals surface area contributed by atoms with Crippen molar-refractivity contribution in [2.75, 3.05) is 5.32 Å². The van der Waals surface area contributed by atoms with Crippen LogP contribution < -0.4 is 5.32 Å². The predicted molar refractivity (Wildman–Crippen MR) is 114 cm³/mol. The maximum atomic E-state index is 12.4. The third-order valence-electron chi connectivity index (χ3n) is 4.10. The summed E-state index contributed by atoms with van der Waals surface area (Å²) in [4.78, 5) is 12.1. The van der Waals surface area contributed by atoms with E-state index in [2.05, 4.69) is 31.1 Å². The summed E-state index contributed by atoms with van der Waals surface area (Å²) < 4.78 is 34.4. The second-order valence-corrected chi connectivity index (χ2v) is 8.66. The van der Waals surface area contributed by atoms with Crippen LogP contribution in [0.15, 0.2) is 74.7 Å². The molecule has 0 aliphatic heterocycles. The van der Waals surface area contributed by atoms with Gasteiger partial charge in [0.2, 0.25) is 0 Å². The van der Waals surface area contributed by atoms with Crippen molar-refractivity contribution in [3.05, 3.63) is 86.8 Å². The molecule has 0 saturated carbocycles. The van der Waals surface area contributed by atoms with E-state index in [9.17, 15) is 13.2 Å². The Morgan fingerprint density at radius 1 is 1.10 bits per heavy atom. The van der Waals surface area contributed by atoms with E-state index in [0.717, 1.165) is 4.47 Å². The van der Waals surface area contributed by atoms with Crippen LogP contribution in [0.4, 0.5) is 11.6 Å². The number of allylic oxidation sites excluding steroid dienone is 1. The maximum absolute atomic E-state index is 12.4. The molecule has 0 atom stereocenters. The van der Waals surface area contributed by atoms with Crippen molar-refractivity contribution in [1.82, 2.24) is 5.16 Å². The molecule has 150 valence electrons. The first-order chi connectivity index (χ1) is 13.8. The molecular formula is C20H17BrN3O4S-. The van der Waals surface area contributed by atoms with Gasteiger partial charge < -0.3 is 14.6 Å². The molecule has 0 radical (unpaired) electrons. The molecule has 3 rings (SSSR count). The van der Waals surface area contributed by atoms with Gasteiger partial charge in [-0.3, -0.25) is 4.79 Å². The van der Waals surface area contributed by atoms with Crippen molar-refractivity contribution in [3.8, 4) is 0 Å². The number of benzene rings is 2. The number of nitrogens with one attached hydrogen (secondary N) is 1. The lowest BCUT2D eigenvalue weighted by Crippen LogP contribution is -1.99. The van der Waals surface area contributed by atoms with Gasteiger partial charge in [-0.05, 0) is 67.9 Å². The quantitative estimate of drug-likeness (QED) is 0.370. The Kier molecular flexibility index (Phi) is 6.19. The van der Waals surface area contributed by atoms with Crippen molar-refractivity contribution < 1.29 is 17.7 Å². The van der Waals surface area contributed by atoms with Gasteiger partial charge in [0.05, 0.1) is 16.5 Å². The molecule has 2 aromatic carbocycles. The van der Waals surface area contributed by atoms with Crippen LogP contribution in [0.5, 0.6) is 0 Å². The van der Waals surface area contributed by atoms with Gasteiger partial charge in [-0.1, -0.05) is 21.1 Å². The Morgan fingerprint density at radius 3 is 2.34 bits per heavy atom.